The van der Waals surface area contributed by atoms with Gasteiger partial charge in [0.2, 0.25) is 0 Å². The van der Waals surface area contributed by atoms with Crippen molar-refractivity contribution in [1.82, 2.24) is 4.98 Å². The van der Waals surface area contributed by atoms with Crippen LogP contribution in [0.25, 0.3) is 0 Å². The number of anilines is 1. The van der Waals surface area contributed by atoms with E-state index >= 15 is 0 Å². The maximum atomic E-state index is 4.40. The van der Waals surface area contributed by atoms with Crippen molar-refractivity contribution in [2.24, 2.45) is 0 Å². The summed E-state index contributed by atoms with van der Waals surface area (Å²) in [5, 5.41) is 0. The number of nitrogens with zero attached hydrogens (tertiary/aromatic N) is 2. The molecule has 0 aliphatic rings. The molecule has 3 heteroatoms. The van der Waals surface area contributed by atoms with E-state index in [2.05, 4.69) is 64.9 Å². The summed E-state index contributed by atoms with van der Waals surface area (Å²) in [4.78, 5) is 6.56. The summed E-state index contributed by atoms with van der Waals surface area (Å²) in [5.74, 6) is 0.984. The lowest BCUT2D eigenvalue weighted by molar-refractivity contribution is 0.889. The van der Waals surface area contributed by atoms with Crippen LogP contribution in [0.3, 0.4) is 0 Å². The van der Waals surface area contributed by atoms with Gasteiger partial charge in [-0.2, -0.15) is 0 Å². The van der Waals surface area contributed by atoms with Crippen LogP contribution in [0.2, 0.25) is 0 Å². The minimum atomic E-state index is 0.876. The molecule has 0 amide bonds. The monoisotopic (exact) mass is 304 g/mol. The van der Waals surface area contributed by atoms with Crippen molar-refractivity contribution < 1.29 is 0 Å². The third-order valence-corrected chi connectivity index (χ3v) is 3.48. The quantitative estimate of drug-likeness (QED) is 0.849. The van der Waals surface area contributed by atoms with Crippen molar-refractivity contribution in [3.05, 3.63) is 57.7 Å². The number of hydrogen-bond donors (Lipinski definition) is 0. The molecule has 1 aromatic heterocycles. The molecular weight excluding hydrogens is 288 g/mol. The van der Waals surface area contributed by atoms with E-state index in [9.17, 15) is 0 Å². The maximum absolute atomic E-state index is 4.40. The smallest absolute Gasteiger partial charge is 0.128 e. The molecule has 0 atom stereocenters. The molecule has 0 N–H and O–H groups in total. The van der Waals surface area contributed by atoms with Crippen molar-refractivity contribution in [2.75, 3.05) is 11.9 Å². The third-order valence-electron chi connectivity index (χ3n) is 3.01. The fourth-order valence-electron chi connectivity index (χ4n) is 1.95. The van der Waals surface area contributed by atoms with Gasteiger partial charge in [0.25, 0.3) is 0 Å². The van der Waals surface area contributed by atoms with Crippen molar-refractivity contribution >= 4 is 21.7 Å². The fourth-order valence-corrected chi connectivity index (χ4v) is 2.19. The molecule has 0 spiro atoms. The molecule has 0 bridgehead atoms. The zero-order chi connectivity index (χ0) is 13.1. The van der Waals surface area contributed by atoms with E-state index in [-0.39, 0.29) is 0 Å². The van der Waals surface area contributed by atoms with E-state index < -0.39 is 0 Å². The molecule has 2 nitrogen and oxygen atoms in total. The predicted molar refractivity (Wildman–Crippen MR) is 80.0 cm³/mol. The molecule has 0 aliphatic heterocycles. The minimum absolute atomic E-state index is 0.876. The van der Waals surface area contributed by atoms with Gasteiger partial charge in [-0.05, 0) is 53.0 Å². The highest BCUT2D eigenvalue weighted by molar-refractivity contribution is 9.10. The lowest BCUT2D eigenvalue weighted by atomic mass is 10.1. The van der Waals surface area contributed by atoms with Gasteiger partial charge in [-0.1, -0.05) is 23.8 Å². The van der Waals surface area contributed by atoms with Gasteiger partial charge >= 0.3 is 0 Å². The summed E-state index contributed by atoms with van der Waals surface area (Å²) >= 11 is 3.40. The zero-order valence-electron chi connectivity index (χ0n) is 10.9. The second kappa shape index (κ2) is 5.53. The maximum Gasteiger partial charge on any atom is 0.128 e. The second-order valence-electron chi connectivity index (χ2n) is 4.62. The average molecular weight is 305 g/mol. The Morgan fingerprint density at radius 3 is 2.56 bits per heavy atom. The number of hydrogen-bond acceptors (Lipinski definition) is 2. The largest absolute Gasteiger partial charge is 0.355 e. The number of halogens is 1. The van der Waals surface area contributed by atoms with Gasteiger partial charge in [-0.15, -0.1) is 0 Å². The Labute approximate surface area is 117 Å². The van der Waals surface area contributed by atoms with E-state index in [0.717, 1.165) is 16.8 Å². The first-order valence-electron chi connectivity index (χ1n) is 5.95. The average Bonchev–Trinajstić information content (AvgIpc) is 2.33. The number of aromatic nitrogens is 1. The van der Waals surface area contributed by atoms with Gasteiger partial charge in [0, 0.05) is 24.3 Å². The van der Waals surface area contributed by atoms with Crippen molar-refractivity contribution in [1.29, 1.82) is 0 Å². The van der Waals surface area contributed by atoms with Gasteiger partial charge in [0.15, 0.2) is 0 Å². The van der Waals surface area contributed by atoms with Crippen LogP contribution in [-0.4, -0.2) is 12.0 Å². The Kier molecular flexibility index (Phi) is 4.02. The van der Waals surface area contributed by atoms with Crippen LogP contribution in [0.5, 0.6) is 0 Å². The van der Waals surface area contributed by atoms with E-state index in [1.54, 1.807) is 0 Å². The predicted octanol–water partition coefficient (Wildman–Crippen LogP) is 4.10. The highest BCUT2D eigenvalue weighted by Crippen LogP contribution is 2.18. The molecule has 0 saturated carbocycles. The molecule has 2 aromatic rings. The van der Waals surface area contributed by atoms with Crippen LogP contribution in [0.15, 0.2) is 41.0 Å². The van der Waals surface area contributed by atoms with E-state index in [1.165, 1.54) is 16.7 Å². The molecule has 1 aromatic carbocycles. The van der Waals surface area contributed by atoms with Gasteiger partial charge in [0.1, 0.15) is 5.82 Å². The van der Waals surface area contributed by atoms with Crippen molar-refractivity contribution in [2.45, 2.75) is 20.4 Å². The topological polar surface area (TPSA) is 16.1 Å². The lowest BCUT2D eigenvalue weighted by Gasteiger charge is -2.19. The third kappa shape index (κ3) is 3.10. The minimum Gasteiger partial charge on any atom is -0.355 e. The Balaban J connectivity index is 2.15. The summed E-state index contributed by atoms with van der Waals surface area (Å²) in [5.41, 5.74) is 3.98. The van der Waals surface area contributed by atoms with Crippen molar-refractivity contribution in [3.8, 4) is 0 Å². The number of pyridine rings is 1. The van der Waals surface area contributed by atoms with Crippen LogP contribution >= 0.6 is 15.9 Å². The molecule has 2 rings (SSSR count). The van der Waals surface area contributed by atoms with Crippen LogP contribution in [0, 0.1) is 13.8 Å². The van der Waals surface area contributed by atoms with Crippen LogP contribution in [0.1, 0.15) is 16.7 Å². The molecule has 0 aliphatic carbocycles. The lowest BCUT2D eigenvalue weighted by Crippen LogP contribution is -2.18. The van der Waals surface area contributed by atoms with Gasteiger partial charge in [0.05, 0.1) is 0 Å². The second-order valence-corrected chi connectivity index (χ2v) is 5.54. The van der Waals surface area contributed by atoms with Crippen molar-refractivity contribution in [3.63, 3.8) is 0 Å². The normalized spacial score (nSPS) is 10.4. The summed E-state index contributed by atoms with van der Waals surface area (Å²) < 4.78 is 1.01. The first kappa shape index (κ1) is 13.1. The number of benzene rings is 1. The summed E-state index contributed by atoms with van der Waals surface area (Å²) in [6.45, 7) is 5.16. The highest BCUT2D eigenvalue weighted by Gasteiger charge is 2.05. The first-order chi connectivity index (χ1) is 8.56. The first-order valence-corrected chi connectivity index (χ1v) is 6.74. The summed E-state index contributed by atoms with van der Waals surface area (Å²) in [6, 6.07) is 10.6. The summed E-state index contributed by atoms with van der Waals surface area (Å²) in [6.07, 6.45) is 1.83. The fraction of sp³-hybridized carbons (Fsp3) is 0.267. The molecule has 18 heavy (non-hydrogen) atoms. The standard InChI is InChI=1S/C15H17BrN2/c1-11-4-5-13(12(2)8-11)10-18(3)15-7-6-14(16)9-17-15/h4-9H,10H2,1-3H3. The molecule has 0 fully saturated rings. The van der Waals surface area contributed by atoms with Crippen LogP contribution in [0.4, 0.5) is 5.82 Å². The van der Waals surface area contributed by atoms with Crippen LogP contribution in [-0.2, 0) is 6.54 Å². The molecular formula is C15H17BrN2. The van der Waals surface area contributed by atoms with E-state index in [0.29, 0.717) is 0 Å². The molecule has 94 valence electrons. The Hall–Kier alpha value is -1.35. The zero-order valence-corrected chi connectivity index (χ0v) is 12.5. The van der Waals surface area contributed by atoms with E-state index in [4.69, 9.17) is 0 Å². The van der Waals surface area contributed by atoms with Gasteiger partial charge < -0.3 is 4.90 Å². The molecule has 0 saturated heterocycles. The SMILES string of the molecule is Cc1ccc(CN(C)c2ccc(Br)cn2)c(C)c1. The van der Waals surface area contributed by atoms with Gasteiger partial charge in [-0.3, -0.25) is 0 Å². The molecule has 0 radical (unpaired) electrons. The summed E-state index contributed by atoms with van der Waals surface area (Å²) in [7, 11) is 2.07. The number of rotatable bonds is 3. The van der Waals surface area contributed by atoms with Crippen LogP contribution < -0.4 is 4.90 Å². The Morgan fingerprint density at radius 1 is 1.17 bits per heavy atom. The Bertz CT molecular complexity index is 535. The van der Waals surface area contributed by atoms with Gasteiger partial charge in [-0.25, -0.2) is 4.98 Å². The molecule has 1 heterocycles. The highest BCUT2D eigenvalue weighted by atomic mass is 79.9. The van der Waals surface area contributed by atoms with E-state index in [1.807, 2.05) is 18.3 Å². The Morgan fingerprint density at radius 2 is 1.94 bits per heavy atom. The molecule has 0 unspecified atom stereocenters. The number of aryl methyl sites for hydroxylation is 2.